The van der Waals surface area contributed by atoms with Gasteiger partial charge in [0.25, 0.3) is 0 Å². The van der Waals surface area contributed by atoms with E-state index in [1.807, 2.05) is 30.3 Å². The third-order valence-electron chi connectivity index (χ3n) is 1.91. The summed E-state index contributed by atoms with van der Waals surface area (Å²) in [6.07, 6.45) is 2.54. The molecule has 1 rings (SSSR count). The second kappa shape index (κ2) is 5.98. The second-order valence-electron chi connectivity index (χ2n) is 3.12. The molecule has 1 N–H and O–H groups in total. The summed E-state index contributed by atoms with van der Waals surface area (Å²) in [7, 11) is 1.30. The van der Waals surface area contributed by atoms with E-state index in [0.29, 0.717) is 0 Å². The first kappa shape index (κ1) is 11.5. The number of aliphatic hydroxyl groups is 1. The van der Waals surface area contributed by atoms with Crippen molar-refractivity contribution >= 4 is 12.0 Å². The zero-order chi connectivity index (χ0) is 11.1. The summed E-state index contributed by atoms with van der Waals surface area (Å²) in [5.41, 5.74) is 0.987. The van der Waals surface area contributed by atoms with Gasteiger partial charge >= 0.3 is 5.97 Å². The smallest absolute Gasteiger partial charge is 0.308 e. The highest BCUT2D eigenvalue weighted by molar-refractivity contribution is 5.70. The molecule has 0 aromatic heterocycles. The molecule has 0 fully saturated rings. The van der Waals surface area contributed by atoms with Gasteiger partial charge in [0.2, 0.25) is 0 Å². The van der Waals surface area contributed by atoms with Gasteiger partial charge in [-0.25, -0.2) is 0 Å². The maximum atomic E-state index is 10.8. The van der Waals surface area contributed by atoms with Crippen LogP contribution in [0.5, 0.6) is 0 Å². The lowest BCUT2D eigenvalue weighted by Crippen LogP contribution is -2.11. The predicted octanol–water partition coefficient (Wildman–Crippen LogP) is 1.62. The van der Waals surface area contributed by atoms with Gasteiger partial charge in [-0.1, -0.05) is 42.5 Å². The van der Waals surface area contributed by atoms with Gasteiger partial charge in [-0.3, -0.25) is 4.79 Å². The van der Waals surface area contributed by atoms with Crippen LogP contribution in [0.3, 0.4) is 0 Å². The molecule has 0 spiro atoms. The summed E-state index contributed by atoms with van der Waals surface area (Å²) in [6.45, 7) is 0. The Morgan fingerprint density at radius 3 is 2.73 bits per heavy atom. The Morgan fingerprint density at radius 2 is 2.13 bits per heavy atom. The molecule has 0 amide bonds. The Morgan fingerprint density at radius 1 is 1.47 bits per heavy atom. The van der Waals surface area contributed by atoms with Crippen molar-refractivity contribution in [1.82, 2.24) is 0 Å². The van der Waals surface area contributed by atoms with Crippen LogP contribution in [0.4, 0.5) is 0 Å². The number of carbonyl (C=O) groups is 1. The number of methoxy groups -OCH3 is 1. The van der Waals surface area contributed by atoms with Gasteiger partial charge in [-0.05, 0) is 5.56 Å². The predicted molar refractivity (Wildman–Crippen MR) is 58.1 cm³/mol. The molecule has 0 radical (unpaired) electrons. The molecule has 1 aromatic rings. The van der Waals surface area contributed by atoms with E-state index in [2.05, 4.69) is 4.74 Å². The Balaban J connectivity index is 2.47. The number of benzene rings is 1. The fraction of sp³-hybridized carbons (Fsp3) is 0.250. The van der Waals surface area contributed by atoms with Crippen LogP contribution in [-0.2, 0) is 9.53 Å². The lowest BCUT2D eigenvalue weighted by molar-refractivity contribution is -0.142. The Bertz CT molecular complexity index is 330. The van der Waals surface area contributed by atoms with Gasteiger partial charge in [-0.15, -0.1) is 0 Å². The highest BCUT2D eigenvalue weighted by Gasteiger charge is 2.06. The molecule has 1 unspecified atom stereocenters. The Kier molecular flexibility index (Phi) is 4.57. The first-order chi connectivity index (χ1) is 7.22. The second-order valence-corrected chi connectivity index (χ2v) is 3.12. The molecule has 0 saturated carbocycles. The lowest BCUT2D eigenvalue weighted by atomic mass is 10.1. The van der Waals surface area contributed by atoms with Crippen LogP contribution in [0, 0.1) is 0 Å². The molecule has 3 heteroatoms. The van der Waals surface area contributed by atoms with Crippen molar-refractivity contribution in [2.24, 2.45) is 0 Å². The molecule has 0 aliphatic carbocycles. The number of aliphatic hydroxyl groups excluding tert-OH is 1. The number of hydrogen-bond donors (Lipinski definition) is 1. The summed E-state index contributed by atoms with van der Waals surface area (Å²) in [4.78, 5) is 10.8. The van der Waals surface area contributed by atoms with Crippen LogP contribution >= 0.6 is 0 Å². The largest absolute Gasteiger partial charge is 0.469 e. The van der Waals surface area contributed by atoms with Gasteiger partial charge in [0, 0.05) is 0 Å². The molecule has 1 aromatic carbocycles. The van der Waals surface area contributed by atoms with Crippen LogP contribution < -0.4 is 0 Å². The van der Waals surface area contributed by atoms with Crippen LogP contribution in [0.2, 0.25) is 0 Å². The molecule has 0 heterocycles. The molecule has 80 valence electrons. The first-order valence-electron chi connectivity index (χ1n) is 4.70. The van der Waals surface area contributed by atoms with Gasteiger partial charge < -0.3 is 9.84 Å². The zero-order valence-electron chi connectivity index (χ0n) is 8.59. The summed E-state index contributed by atoms with van der Waals surface area (Å²) in [5, 5.41) is 9.42. The van der Waals surface area contributed by atoms with Gasteiger partial charge in [0.15, 0.2) is 0 Å². The number of carbonyl (C=O) groups excluding carboxylic acids is 1. The van der Waals surface area contributed by atoms with Crippen molar-refractivity contribution in [1.29, 1.82) is 0 Å². The molecule has 3 nitrogen and oxygen atoms in total. The van der Waals surface area contributed by atoms with Crippen LogP contribution in [-0.4, -0.2) is 24.3 Å². The van der Waals surface area contributed by atoms with Crippen molar-refractivity contribution in [3.63, 3.8) is 0 Å². The Hall–Kier alpha value is -1.61. The summed E-state index contributed by atoms with van der Waals surface area (Å²) >= 11 is 0. The highest BCUT2D eigenvalue weighted by atomic mass is 16.5. The maximum absolute atomic E-state index is 10.8. The Labute approximate surface area is 89.0 Å². The average Bonchev–Trinajstić information content (AvgIpc) is 2.27. The molecule has 1 atom stereocenters. The van der Waals surface area contributed by atoms with Crippen molar-refractivity contribution in [2.45, 2.75) is 12.5 Å². The zero-order valence-corrected chi connectivity index (χ0v) is 8.59. The summed E-state index contributed by atoms with van der Waals surface area (Å²) in [6, 6.07) is 9.57. The minimum Gasteiger partial charge on any atom is -0.469 e. The van der Waals surface area contributed by atoms with Crippen molar-refractivity contribution in [3.05, 3.63) is 42.0 Å². The number of hydrogen-bond acceptors (Lipinski definition) is 3. The van der Waals surface area contributed by atoms with Crippen molar-refractivity contribution in [2.75, 3.05) is 7.11 Å². The standard InChI is InChI=1S/C12H14O3/c1-15-12(14)9-11(13)8-7-10-5-3-2-4-6-10/h2-8,11,13H,9H2,1H3/b8-7+. The molecule has 0 bridgehead atoms. The third-order valence-corrected chi connectivity index (χ3v) is 1.91. The number of esters is 1. The van der Waals surface area contributed by atoms with E-state index in [1.165, 1.54) is 7.11 Å². The number of rotatable bonds is 4. The minimum absolute atomic E-state index is 0.0141. The third kappa shape index (κ3) is 4.42. The molecule has 0 saturated heterocycles. The van der Waals surface area contributed by atoms with Gasteiger partial charge in [-0.2, -0.15) is 0 Å². The van der Waals surface area contributed by atoms with Crippen molar-refractivity contribution in [3.8, 4) is 0 Å². The fourth-order valence-electron chi connectivity index (χ4n) is 1.11. The van der Waals surface area contributed by atoms with Crippen molar-refractivity contribution < 1.29 is 14.6 Å². The molecule has 0 aliphatic heterocycles. The van der Waals surface area contributed by atoms with Crippen LogP contribution in [0.1, 0.15) is 12.0 Å². The molecular weight excluding hydrogens is 192 g/mol. The fourth-order valence-corrected chi connectivity index (χ4v) is 1.11. The first-order valence-corrected chi connectivity index (χ1v) is 4.70. The molecular formula is C12H14O3. The monoisotopic (exact) mass is 206 g/mol. The van der Waals surface area contributed by atoms with E-state index in [4.69, 9.17) is 0 Å². The quantitative estimate of drug-likeness (QED) is 0.761. The molecule has 0 aliphatic rings. The highest BCUT2D eigenvalue weighted by Crippen LogP contribution is 2.04. The average molecular weight is 206 g/mol. The van der Waals surface area contributed by atoms with E-state index < -0.39 is 12.1 Å². The van der Waals surface area contributed by atoms with E-state index in [0.717, 1.165) is 5.56 Å². The number of ether oxygens (including phenoxy) is 1. The SMILES string of the molecule is COC(=O)CC(O)/C=C/c1ccccc1. The summed E-state index contributed by atoms with van der Waals surface area (Å²) < 4.78 is 4.44. The van der Waals surface area contributed by atoms with Gasteiger partial charge in [0.1, 0.15) is 0 Å². The maximum Gasteiger partial charge on any atom is 0.308 e. The lowest BCUT2D eigenvalue weighted by Gasteiger charge is -2.02. The van der Waals surface area contributed by atoms with E-state index in [-0.39, 0.29) is 6.42 Å². The van der Waals surface area contributed by atoms with E-state index in [9.17, 15) is 9.90 Å². The van der Waals surface area contributed by atoms with E-state index >= 15 is 0 Å². The van der Waals surface area contributed by atoms with Crippen LogP contribution in [0.15, 0.2) is 36.4 Å². The topological polar surface area (TPSA) is 46.5 Å². The summed E-state index contributed by atoms with van der Waals surface area (Å²) in [5.74, 6) is -0.416. The van der Waals surface area contributed by atoms with Gasteiger partial charge in [0.05, 0.1) is 19.6 Å². The molecule has 15 heavy (non-hydrogen) atoms. The van der Waals surface area contributed by atoms with E-state index in [1.54, 1.807) is 12.2 Å². The normalized spacial score (nSPS) is 12.7. The van der Waals surface area contributed by atoms with Crippen LogP contribution in [0.25, 0.3) is 6.08 Å². The minimum atomic E-state index is -0.794.